The highest BCUT2D eigenvalue weighted by Crippen LogP contribution is 2.21. The summed E-state index contributed by atoms with van der Waals surface area (Å²) in [7, 11) is 1.98. The Labute approximate surface area is 154 Å². The molecule has 1 fully saturated rings. The molecule has 0 unspecified atom stereocenters. The minimum atomic E-state index is 0. The van der Waals surface area contributed by atoms with Gasteiger partial charge in [0.05, 0.1) is 17.5 Å². The molecular formula is C17H23Cl2N3O2. The second-order valence-electron chi connectivity index (χ2n) is 5.66. The predicted molar refractivity (Wildman–Crippen MR) is 99.2 cm³/mol. The molecule has 0 spiro atoms. The van der Waals surface area contributed by atoms with Crippen molar-refractivity contribution in [2.24, 2.45) is 0 Å². The molecular weight excluding hydrogens is 349 g/mol. The third kappa shape index (κ3) is 4.29. The molecule has 1 amide bonds. The number of carbonyl (C=O) groups is 1. The van der Waals surface area contributed by atoms with E-state index in [1.54, 1.807) is 6.26 Å². The summed E-state index contributed by atoms with van der Waals surface area (Å²) in [6.07, 6.45) is 3.62. The molecule has 24 heavy (non-hydrogen) atoms. The lowest BCUT2D eigenvalue weighted by atomic mass is 10.0. The molecule has 0 aromatic carbocycles. The molecule has 0 saturated carbocycles. The zero-order chi connectivity index (χ0) is 15.5. The van der Waals surface area contributed by atoms with Gasteiger partial charge in [0.25, 0.3) is 5.91 Å². The van der Waals surface area contributed by atoms with Crippen molar-refractivity contribution in [3.8, 4) is 11.5 Å². The lowest BCUT2D eigenvalue weighted by Gasteiger charge is -2.32. The molecule has 0 bridgehead atoms. The summed E-state index contributed by atoms with van der Waals surface area (Å²) in [5, 5.41) is 3.28. The molecule has 3 rings (SSSR count). The van der Waals surface area contributed by atoms with Crippen LogP contribution in [0.1, 0.15) is 28.9 Å². The number of halogens is 2. The van der Waals surface area contributed by atoms with Crippen LogP contribution in [-0.4, -0.2) is 42.0 Å². The van der Waals surface area contributed by atoms with Crippen LogP contribution in [0.15, 0.2) is 34.9 Å². The number of nitrogens with zero attached hydrogens (tertiary/aromatic N) is 2. The van der Waals surface area contributed by atoms with Crippen molar-refractivity contribution in [3.63, 3.8) is 0 Å². The molecule has 0 aliphatic carbocycles. The number of pyridine rings is 1. The second kappa shape index (κ2) is 9.06. The van der Waals surface area contributed by atoms with Gasteiger partial charge in [0.15, 0.2) is 5.76 Å². The summed E-state index contributed by atoms with van der Waals surface area (Å²) in [5.41, 5.74) is 2.18. The Morgan fingerprint density at radius 3 is 2.50 bits per heavy atom. The van der Waals surface area contributed by atoms with Crippen LogP contribution in [0.4, 0.5) is 0 Å². The maximum atomic E-state index is 12.7. The lowest BCUT2D eigenvalue weighted by Crippen LogP contribution is -2.44. The maximum Gasteiger partial charge on any atom is 0.255 e. The van der Waals surface area contributed by atoms with E-state index < -0.39 is 0 Å². The Morgan fingerprint density at radius 2 is 1.96 bits per heavy atom. The van der Waals surface area contributed by atoms with Crippen molar-refractivity contribution in [1.82, 2.24) is 15.2 Å². The van der Waals surface area contributed by atoms with Crippen LogP contribution in [0.25, 0.3) is 11.5 Å². The SMILES string of the molecule is CNC1CCN(C(=O)c2ccc(-c3ccco3)nc2C)CC1.Cl.Cl. The van der Waals surface area contributed by atoms with Crippen LogP contribution in [0, 0.1) is 6.92 Å². The molecule has 0 atom stereocenters. The first-order valence-corrected chi connectivity index (χ1v) is 7.67. The van der Waals surface area contributed by atoms with Gasteiger partial charge in [-0.2, -0.15) is 0 Å². The maximum absolute atomic E-state index is 12.7. The standard InChI is InChI=1S/C17H21N3O2.2ClH/c1-12-14(5-6-15(19-12)16-4-3-11-22-16)17(21)20-9-7-13(18-2)8-10-20;;/h3-6,11,13,18H,7-10H2,1-2H3;2*1H. The van der Waals surface area contributed by atoms with E-state index in [0.29, 0.717) is 11.6 Å². The highest BCUT2D eigenvalue weighted by Gasteiger charge is 2.24. The highest BCUT2D eigenvalue weighted by atomic mass is 35.5. The number of aryl methyl sites for hydroxylation is 1. The van der Waals surface area contributed by atoms with E-state index >= 15 is 0 Å². The van der Waals surface area contributed by atoms with E-state index in [1.807, 2.05) is 43.1 Å². The molecule has 0 radical (unpaired) electrons. The number of nitrogens with one attached hydrogen (secondary N) is 1. The largest absolute Gasteiger partial charge is 0.463 e. The van der Waals surface area contributed by atoms with Crippen LogP contribution in [0.2, 0.25) is 0 Å². The molecule has 3 heterocycles. The number of piperidine rings is 1. The molecule has 1 aliphatic heterocycles. The zero-order valence-corrected chi connectivity index (χ0v) is 15.5. The quantitative estimate of drug-likeness (QED) is 0.898. The molecule has 1 N–H and O–H groups in total. The van der Waals surface area contributed by atoms with Crippen molar-refractivity contribution in [3.05, 3.63) is 41.8 Å². The first-order chi connectivity index (χ1) is 10.7. The number of hydrogen-bond acceptors (Lipinski definition) is 4. The molecule has 1 saturated heterocycles. The fourth-order valence-electron chi connectivity index (χ4n) is 2.89. The fraction of sp³-hybridized carbons (Fsp3) is 0.412. The topological polar surface area (TPSA) is 58.4 Å². The number of aromatic nitrogens is 1. The summed E-state index contributed by atoms with van der Waals surface area (Å²) in [6, 6.07) is 7.92. The number of hydrogen-bond donors (Lipinski definition) is 1. The predicted octanol–water partition coefficient (Wildman–Crippen LogP) is 3.32. The van der Waals surface area contributed by atoms with Gasteiger partial charge in [0.1, 0.15) is 5.69 Å². The van der Waals surface area contributed by atoms with Crippen LogP contribution < -0.4 is 5.32 Å². The van der Waals surface area contributed by atoms with Crippen LogP contribution in [0.5, 0.6) is 0 Å². The molecule has 5 nitrogen and oxygen atoms in total. The molecule has 132 valence electrons. The molecule has 2 aromatic heterocycles. The Hall–Kier alpha value is -1.56. The van der Waals surface area contributed by atoms with Crippen molar-refractivity contribution >= 4 is 30.7 Å². The summed E-state index contributed by atoms with van der Waals surface area (Å²) in [4.78, 5) is 19.1. The summed E-state index contributed by atoms with van der Waals surface area (Å²) >= 11 is 0. The summed E-state index contributed by atoms with van der Waals surface area (Å²) in [5.74, 6) is 0.794. The van der Waals surface area contributed by atoms with E-state index in [9.17, 15) is 4.79 Å². The van der Waals surface area contributed by atoms with Crippen LogP contribution in [0.3, 0.4) is 0 Å². The molecule has 2 aromatic rings. The van der Waals surface area contributed by atoms with Gasteiger partial charge in [-0.15, -0.1) is 24.8 Å². The van der Waals surface area contributed by atoms with Crippen molar-refractivity contribution in [2.75, 3.05) is 20.1 Å². The van der Waals surface area contributed by atoms with Gasteiger partial charge in [-0.3, -0.25) is 4.79 Å². The van der Waals surface area contributed by atoms with E-state index in [0.717, 1.165) is 43.1 Å². The van der Waals surface area contributed by atoms with Crippen molar-refractivity contribution in [1.29, 1.82) is 0 Å². The first kappa shape index (κ1) is 20.5. The Morgan fingerprint density at radius 1 is 1.25 bits per heavy atom. The van der Waals surface area contributed by atoms with Gasteiger partial charge in [-0.25, -0.2) is 4.98 Å². The van der Waals surface area contributed by atoms with E-state index in [2.05, 4.69) is 10.3 Å². The minimum absolute atomic E-state index is 0. The summed E-state index contributed by atoms with van der Waals surface area (Å²) < 4.78 is 5.35. The third-order valence-electron chi connectivity index (χ3n) is 4.28. The number of furan rings is 1. The fourth-order valence-corrected chi connectivity index (χ4v) is 2.89. The van der Waals surface area contributed by atoms with Crippen molar-refractivity contribution < 1.29 is 9.21 Å². The molecule has 7 heteroatoms. The van der Waals surface area contributed by atoms with Crippen molar-refractivity contribution in [2.45, 2.75) is 25.8 Å². The number of rotatable bonds is 3. The first-order valence-electron chi connectivity index (χ1n) is 7.67. The monoisotopic (exact) mass is 371 g/mol. The van der Waals surface area contributed by atoms with Crippen LogP contribution >= 0.6 is 24.8 Å². The molecule has 1 aliphatic rings. The van der Waals surface area contributed by atoms with Gasteiger partial charge in [0.2, 0.25) is 0 Å². The zero-order valence-electron chi connectivity index (χ0n) is 13.8. The Kier molecular flexibility index (Phi) is 7.73. The Bertz CT molecular complexity index is 654. The van der Waals surface area contributed by atoms with Crippen LogP contribution in [-0.2, 0) is 0 Å². The van der Waals surface area contributed by atoms with Gasteiger partial charge in [-0.1, -0.05) is 0 Å². The Balaban J connectivity index is 0.00000144. The number of amides is 1. The normalized spacial score (nSPS) is 14.7. The summed E-state index contributed by atoms with van der Waals surface area (Å²) in [6.45, 7) is 3.47. The van der Waals surface area contributed by atoms with E-state index in [-0.39, 0.29) is 30.7 Å². The van der Waals surface area contributed by atoms with Gasteiger partial charge in [0, 0.05) is 19.1 Å². The second-order valence-corrected chi connectivity index (χ2v) is 5.66. The minimum Gasteiger partial charge on any atom is -0.463 e. The smallest absolute Gasteiger partial charge is 0.255 e. The lowest BCUT2D eigenvalue weighted by molar-refractivity contribution is 0.0706. The third-order valence-corrected chi connectivity index (χ3v) is 4.28. The van der Waals surface area contributed by atoms with Gasteiger partial charge < -0.3 is 14.6 Å². The number of carbonyl (C=O) groups excluding carboxylic acids is 1. The highest BCUT2D eigenvalue weighted by molar-refractivity contribution is 5.95. The van der Waals surface area contributed by atoms with E-state index in [4.69, 9.17) is 4.42 Å². The van der Waals surface area contributed by atoms with E-state index in [1.165, 1.54) is 0 Å². The van der Waals surface area contributed by atoms with Gasteiger partial charge >= 0.3 is 0 Å². The average Bonchev–Trinajstić information content (AvgIpc) is 3.09. The van der Waals surface area contributed by atoms with Gasteiger partial charge in [-0.05, 0) is 51.1 Å². The average molecular weight is 372 g/mol. The number of likely N-dealkylation sites (tertiary alicyclic amines) is 1.